The van der Waals surface area contributed by atoms with E-state index in [2.05, 4.69) is 32.3 Å². The maximum Gasteiger partial charge on any atom is 0.306 e. The van der Waals surface area contributed by atoms with Crippen LogP contribution in [0, 0.1) is 11.8 Å². The molecule has 0 bridgehead atoms. The lowest BCUT2D eigenvalue weighted by molar-refractivity contribution is -0.138. The summed E-state index contributed by atoms with van der Waals surface area (Å²) in [6.07, 6.45) is 0.841. The molecule has 1 aromatic rings. The van der Waals surface area contributed by atoms with E-state index in [4.69, 9.17) is 5.11 Å². The SMILES string of the molecule is CN(Cc1cc(Br)cs1)CC1CC1C(=O)O. The highest BCUT2D eigenvalue weighted by atomic mass is 79.9. The van der Waals surface area contributed by atoms with E-state index < -0.39 is 5.97 Å². The molecule has 1 N–H and O–H groups in total. The number of hydrogen-bond acceptors (Lipinski definition) is 3. The third kappa shape index (κ3) is 3.06. The van der Waals surface area contributed by atoms with Gasteiger partial charge in [-0.1, -0.05) is 0 Å². The number of carboxylic acid groups (broad SMARTS) is 1. The topological polar surface area (TPSA) is 40.5 Å². The number of rotatable bonds is 5. The van der Waals surface area contributed by atoms with Crippen LogP contribution in [-0.4, -0.2) is 29.6 Å². The van der Waals surface area contributed by atoms with Crippen LogP contribution >= 0.6 is 27.3 Å². The van der Waals surface area contributed by atoms with Crippen LogP contribution in [0.15, 0.2) is 15.9 Å². The molecule has 1 fully saturated rings. The van der Waals surface area contributed by atoms with Crippen LogP contribution in [0.25, 0.3) is 0 Å². The second-order valence-corrected chi connectivity index (χ2v) is 6.28. The van der Waals surface area contributed by atoms with Crippen molar-refractivity contribution in [1.82, 2.24) is 4.90 Å². The Morgan fingerprint density at radius 2 is 2.50 bits per heavy atom. The van der Waals surface area contributed by atoms with Crippen LogP contribution in [0.3, 0.4) is 0 Å². The predicted molar refractivity (Wildman–Crippen MR) is 67.6 cm³/mol. The van der Waals surface area contributed by atoms with E-state index in [9.17, 15) is 4.79 Å². The molecule has 1 saturated carbocycles. The number of carboxylic acids is 1. The molecule has 2 unspecified atom stereocenters. The first-order chi connectivity index (χ1) is 7.56. The van der Waals surface area contributed by atoms with Gasteiger partial charge in [0.1, 0.15) is 0 Å². The van der Waals surface area contributed by atoms with E-state index in [1.807, 2.05) is 7.05 Å². The molecule has 2 rings (SSSR count). The quantitative estimate of drug-likeness (QED) is 0.909. The molecular formula is C11H14BrNO2S. The first kappa shape index (κ1) is 12.1. The Balaban J connectivity index is 1.77. The van der Waals surface area contributed by atoms with Gasteiger partial charge in [-0.3, -0.25) is 4.79 Å². The molecule has 16 heavy (non-hydrogen) atoms. The van der Waals surface area contributed by atoms with Gasteiger partial charge in [0.25, 0.3) is 0 Å². The minimum Gasteiger partial charge on any atom is -0.481 e. The molecule has 1 aliphatic carbocycles. The van der Waals surface area contributed by atoms with Crippen molar-refractivity contribution >= 4 is 33.2 Å². The largest absolute Gasteiger partial charge is 0.481 e. The maximum absolute atomic E-state index is 10.7. The molecule has 88 valence electrons. The molecule has 3 nitrogen and oxygen atoms in total. The second kappa shape index (κ2) is 4.85. The normalized spacial score (nSPS) is 23.7. The van der Waals surface area contributed by atoms with Gasteiger partial charge in [-0.05, 0) is 41.4 Å². The molecule has 0 saturated heterocycles. The summed E-state index contributed by atoms with van der Waals surface area (Å²) in [5.41, 5.74) is 0. The summed E-state index contributed by atoms with van der Waals surface area (Å²) in [7, 11) is 2.05. The van der Waals surface area contributed by atoms with Crippen molar-refractivity contribution in [3.8, 4) is 0 Å². The molecule has 0 radical (unpaired) electrons. The first-order valence-corrected chi connectivity index (χ1v) is 6.88. The fourth-order valence-corrected chi connectivity index (χ4v) is 3.45. The van der Waals surface area contributed by atoms with E-state index in [1.165, 1.54) is 4.88 Å². The molecule has 1 heterocycles. The van der Waals surface area contributed by atoms with Crippen LogP contribution in [0.4, 0.5) is 0 Å². The summed E-state index contributed by atoms with van der Waals surface area (Å²) >= 11 is 5.16. The zero-order valence-corrected chi connectivity index (χ0v) is 11.4. The van der Waals surface area contributed by atoms with Crippen molar-refractivity contribution in [2.45, 2.75) is 13.0 Å². The average molecular weight is 304 g/mol. The lowest BCUT2D eigenvalue weighted by Gasteiger charge is -2.14. The summed E-state index contributed by atoms with van der Waals surface area (Å²) in [6, 6.07) is 2.11. The highest BCUT2D eigenvalue weighted by Gasteiger charge is 2.43. The first-order valence-electron chi connectivity index (χ1n) is 5.20. The second-order valence-electron chi connectivity index (χ2n) is 4.37. The van der Waals surface area contributed by atoms with Crippen molar-refractivity contribution < 1.29 is 9.90 Å². The molecule has 0 aliphatic heterocycles. The van der Waals surface area contributed by atoms with Crippen LogP contribution in [-0.2, 0) is 11.3 Å². The lowest BCUT2D eigenvalue weighted by atomic mass is 10.3. The van der Waals surface area contributed by atoms with E-state index in [-0.39, 0.29) is 5.92 Å². The zero-order chi connectivity index (χ0) is 11.7. The highest BCUT2D eigenvalue weighted by Crippen LogP contribution is 2.39. The fraction of sp³-hybridized carbons (Fsp3) is 0.545. The average Bonchev–Trinajstić information content (AvgIpc) is 2.83. The molecule has 1 aliphatic rings. The van der Waals surface area contributed by atoms with Gasteiger partial charge >= 0.3 is 5.97 Å². The smallest absolute Gasteiger partial charge is 0.306 e. The van der Waals surface area contributed by atoms with Crippen molar-refractivity contribution in [2.75, 3.05) is 13.6 Å². The van der Waals surface area contributed by atoms with Gasteiger partial charge in [0.2, 0.25) is 0 Å². The van der Waals surface area contributed by atoms with Gasteiger partial charge in [-0.25, -0.2) is 0 Å². The van der Waals surface area contributed by atoms with Crippen molar-refractivity contribution in [3.63, 3.8) is 0 Å². The van der Waals surface area contributed by atoms with Gasteiger partial charge in [-0.2, -0.15) is 0 Å². The Morgan fingerprint density at radius 3 is 3.00 bits per heavy atom. The summed E-state index contributed by atoms with van der Waals surface area (Å²) in [4.78, 5) is 14.2. The molecule has 0 aromatic carbocycles. The van der Waals surface area contributed by atoms with Crippen LogP contribution in [0.5, 0.6) is 0 Å². The number of halogens is 1. The van der Waals surface area contributed by atoms with Gasteiger partial charge in [0.05, 0.1) is 5.92 Å². The standard InChI is InChI=1S/C11H14BrNO2S/c1-13(4-7-2-10(7)11(14)15)5-9-3-8(12)6-16-9/h3,6-7,10H,2,4-5H2,1H3,(H,14,15). The maximum atomic E-state index is 10.7. The van der Waals surface area contributed by atoms with E-state index >= 15 is 0 Å². The van der Waals surface area contributed by atoms with E-state index in [0.717, 1.165) is 24.0 Å². The highest BCUT2D eigenvalue weighted by molar-refractivity contribution is 9.10. The Hall–Kier alpha value is -0.390. The summed E-state index contributed by atoms with van der Waals surface area (Å²) in [5.74, 6) is -0.388. The fourth-order valence-electron chi connectivity index (χ4n) is 1.92. The van der Waals surface area contributed by atoms with Crippen molar-refractivity contribution in [3.05, 3.63) is 20.8 Å². The Morgan fingerprint density at radius 1 is 1.75 bits per heavy atom. The Kier molecular flexibility index (Phi) is 3.66. The monoisotopic (exact) mass is 303 g/mol. The molecule has 0 amide bonds. The number of nitrogens with zero attached hydrogens (tertiary/aromatic N) is 1. The van der Waals surface area contributed by atoms with E-state index in [1.54, 1.807) is 11.3 Å². The van der Waals surface area contributed by atoms with Gasteiger partial charge < -0.3 is 10.0 Å². The summed E-state index contributed by atoms with van der Waals surface area (Å²) < 4.78 is 1.12. The van der Waals surface area contributed by atoms with Crippen LogP contribution in [0.2, 0.25) is 0 Å². The molecule has 1 aromatic heterocycles. The lowest BCUT2D eigenvalue weighted by Crippen LogP contribution is -2.21. The van der Waals surface area contributed by atoms with Crippen LogP contribution in [0.1, 0.15) is 11.3 Å². The number of carbonyl (C=O) groups is 1. The molecule has 5 heteroatoms. The van der Waals surface area contributed by atoms with Gasteiger partial charge in [0, 0.05) is 27.8 Å². The molecule has 0 spiro atoms. The van der Waals surface area contributed by atoms with Crippen LogP contribution < -0.4 is 0 Å². The Labute approximate surface area is 107 Å². The summed E-state index contributed by atoms with van der Waals surface area (Å²) in [5, 5.41) is 10.9. The zero-order valence-electron chi connectivity index (χ0n) is 9.02. The predicted octanol–water partition coefficient (Wildman–Crippen LogP) is 2.66. The number of thiophene rings is 1. The third-order valence-corrected chi connectivity index (χ3v) is 4.52. The van der Waals surface area contributed by atoms with Gasteiger partial charge in [0.15, 0.2) is 0 Å². The number of aliphatic carboxylic acids is 1. The minimum absolute atomic E-state index is 0.0995. The number of hydrogen-bond donors (Lipinski definition) is 1. The van der Waals surface area contributed by atoms with E-state index in [0.29, 0.717) is 5.92 Å². The minimum atomic E-state index is -0.641. The van der Waals surface area contributed by atoms with Gasteiger partial charge in [-0.15, -0.1) is 11.3 Å². The van der Waals surface area contributed by atoms with Crippen molar-refractivity contribution in [1.29, 1.82) is 0 Å². The molecule has 2 atom stereocenters. The third-order valence-electron chi connectivity index (χ3n) is 2.83. The van der Waals surface area contributed by atoms with Crippen molar-refractivity contribution in [2.24, 2.45) is 11.8 Å². The summed E-state index contributed by atoms with van der Waals surface area (Å²) in [6.45, 7) is 1.78. The Bertz CT molecular complexity index is 393. The molecular weight excluding hydrogens is 290 g/mol.